The predicted octanol–water partition coefficient (Wildman–Crippen LogP) is 1.93. The zero-order chi connectivity index (χ0) is 13.8. The van der Waals surface area contributed by atoms with Gasteiger partial charge in [-0.25, -0.2) is 0 Å². The van der Waals surface area contributed by atoms with Crippen LogP contribution in [0.2, 0.25) is 0 Å². The van der Waals surface area contributed by atoms with Crippen molar-refractivity contribution >= 4 is 11.4 Å². The van der Waals surface area contributed by atoms with E-state index in [1.54, 1.807) is 0 Å². The van der Waals surface area contributed by atoms with E-state index in [9.17, 15) is 5.11 Å². The Bertz CT molecular complexity index is 471. The van der Waals surface area contributed by atoms with Crippen molar-refractivity contribution in [3.63, 3.8) is 0 Å². The monoisotopic (exact) mass is 259 g/mol. The molecule has 0 radical (unpaired) electrons. The third-order valence-corrected chi connectivity index (χ3v) is 3.98. The molecule has 4 heteroatoms. The van der Waals surface area contributed by atoms with Gasteiger partial charge in [0, 0.05) is 24.5 Å². The Labute approximate surface area is 114 Å². The Kier molecular flexibility index (Phi) is 4.28. The molecule has 1 unspecified atom stereocenters. The van der Waals surface area contributed by atoms with E-state index in [2.05, 4.69) is 11.0 Å². The molecule has 1 atom stereocenters. The molecule has 1 fully saturated rings. The zero-order valence-corrected chi connectivity index (χ0v) is 11.3. The number of aliphatic hydroxyl groups is 1. The SMILES string of the molecule is CC(O)C1CCN(c2ccc(N)c(CC#N)c2)CC1. The van der Waals surface area contributed by atoms with E-state index in [0.717, 1.165) is 37.2 Å². The molecule has 1 aliphatic rings. The molecule has 19 heavy (non-hydrogen) atoms. The van der Waals surface area contributed by atoms with Crippen molar-refractivity contribution < 1.29 is 5.11 Å². The second-order valence-electron chi connectivity index (χ2n) is 5.28. The van der Waals surface area contributed by atoms with Crippen LogP contribution in [-0.2, 0) is 6.42 Å². The van der Waals surface area contributed by atoms with E-state index in [1.807, 2.05) is 25.1 Å². The number of hydrogen-bond donors (Lipinski definition) is 2. The fourth-order valence-corrected chi connectivity index (χ4v) is 2.67. The standard InChI is InChI=1S/C15H21N3O/c1-11(19)12-5-8-18(9-6-12)14-2-3-15(17)13(10-14)4-7-16/h2-3,10-12,19H,4-6,8-9,17H2,1H3. The molecule has 0 aromatic heterocycles. The Morgan fingerprint density at radius 2 is 2.16 bits per heavy atom. The smallest absolute Gasteiger partial charge is 0.0670 e. The van der Waals surface area contributed by atoms with Crippen LogP contribution in [0.4, 0.5) is 11.4 Å². The first-order valence-corrected chi connectivity index (χ1v) is 6.80. The summed E-state index contributed by atoms with van der Waals surface area (Å²) in [7, 11) is 0. The van der Waals surface area contributed by atoms with Gasteiger partial charge in [0.1, 0.15) is 0 Å². The van der Waals surface area contributed by atoms with Gasteiger partial charge < -0.3 is 15.7 Å². The Morgan fingerprint density at radius 1 is 1.47 bits per heavy atom. The second kappa shape index (κ2) is 5.94. The number of anilines is 2. The number of piperidine rings is 1. The molecule has 102 valence electrons. The molecule has 1 saturated heterocycles. The number of hydrogen-bond acceptors (Lipinski definition) is 4. The summed E-state index contributed by atoms with van der Waals surface area (Å²) in [5.74, 6) is 0.406. The van der Waals surface area contributed by atoms with Gasteiger partial charge in [0.05, 0.1) is 18.6 Å². The predicted molar refractivity (Wildman–Crippen MR) is 76.8 cm³/mol. The van der Waals surface area contributed by atoms with Crippen LogP contribution in [0.25, 0.3) is 0 Å². The number of nitrogens with zero attached hydrogens (tertiary/aromatic N) is 2. The first-order chi connectivity index (χ1) is 9.11. The molecule has 0 bridgehead atoms. The number of rotatable bonds is 3. The summed E-state index contributed by atoms with van der Waals surface area (Å²) in [6, 6.07) is 8.05. The fraction of sp³-hybridized carbons (Fsp3) is 0.533. The van der Waals surface area contributed by atoms with E-state index < -0.39 is 0 Å². The Hall–Kier alpha value is -1.73. The third-order valence-electron chi connectivity index (χ3n) is 3.98. The van der Waals surface area contributed by atoms with Gasteiger partial charge in [-0.3, -0.25) is 0 Å². The molecule has 3 N–H and O–H groups in total. The normalized spacial score (nSPS) is 18.1. The van der Waals surface area contributed by atoms with Gasteiger partial charge >= 0.3 is 0 Å². The van der Waals surface area contributed by atoms with E-state index in [0.29, 0.717) is 18.0 Å². The maximum Gasteiger partial charge on any atom is 0.0670 e. The molecular formula is C15H21N3O. The van der Waals surface area contributed by atoms with E-state index in [-0.39, 0.29) is 6.10 Å². The average Bonchev–Trinajstić information content (AvgIpc) is 2.41. The maximum absolute atomic E-state index is 9.61. The van der Waals surface area contributed by atoms with Crippen LogP contribution in [0.15, 0.2) is 18.2 Å². The summed E-state index contributed by atoms with van der Waals surface area (Å²) in [6.07, 6.45) is 2.15. The lowest BCUT2D eigenvalue weighted by atomic mass is 9.92. The second-order valence-corrected chi connectivity index (χ2v) is 5.28. The lowest BCUT2D eigenvalue weighted by Crippen LogP contribution is -2.37. The maximum atomic E-state index is 9.61. The van der Waals surface area contributed by atoms with E-state index >= 15 is 0 Å². The highest BCUT2D eigenvalue weighted by molar-refractivity contribution is 5.59. The first-order valence-electron chi connectivity index (χ1n) is 6.80. The summed E-state index contributed by atoms with van der Waals surface area (Å²) in [5.41, 5.74) is 8.58. The molecule has 1 aliphatic heterocycles. The largest absolute Gasteiger partial charge is 0.398 e. The molecule has 2 rings (SSSR count). The molecule has 0 spiro atoms. The van der Waals surface area contributed by atoms with Crippen molar-refractivity contribution in [2.24, 2.45) is 5.92 Å². The number of nitrogen functional groups attached to an aromatic ring is 1. The van der Waals surface area contributed by atoms with Gasteiger partial charge in [0.15, 0.2) is 0 Å². The highest BCUT2D eigenvalue weighted by Crippen LogP contribution is 2.27. The van der Waals surface area contributed by atoms with Gasteiger partial charge in [-0.1, -0.05) is 0 Å². The number of nitriles is 1. The lowest BCUT2D eigenvalue weighted by Gasteiger charge is -2.35. The molecule has 1 aromatic carbocycles. The van der Waals surface area contributed by atoms with Gasteiger partial charge in [-0.05, 0) is 49.4 Å². The average molecular weight is 259 g/mol. The van der Waals surface area contributed by atoms with Crippen LogP contribution in [0, 0.1) is 17.2 Å². The van der Waals surface area contributed by atoms with Crippen molar-refractivity contribution in [1.29, 1.82) is 5.26 Å². The molecule has 4 nitrogen and oxygen atoms in total. The van der Waals surface area contributed by atoms with Crippen molar-refractivity contribution in [2.45, 2.75) is 32.3 Å². The van der Waals surface area contributed by atoms with Gasteiger partial charge in [-0.15, -0.1) is 0 Å². The highest BCUT2D eigenvalue weighted by Gasteiger charge is 2.22. The van der Waals surface area contributed by atoms with Crippen molar-refractivity contribution in [3.05, 3.63) is 23.8 Å². The van der Waals surface area contributed by atoms with Gasteiger partial charge in [0.2, 0.25) is 0 Å². The summed E-state index contributed by atoms with van der Waals surface area (Å²) in [4.78, 5) is 2.30. The minimum atomic E-state index is -0.220. The number of nitrogens with two attached hydrogens (primary N) is 1. The van der Waals surface area contributed by atoms with Gasteiger partial charge in [0.25, 0.3) is 0 Å². The minimum absolute atomic E-state index is 0.220. The van der Waals surface area contributed by atoms with Crippen LogP contribution < -0.4 is 10.6 Å². The van der Waals surface area contributed by atoms with E-state index in [1.165, 1.54) is 0 Å². The lowest BCUT2D eigenvalue weighted by molar-refractivity contribution is 0.110. The van der Waals surface area contributed by atoms with Crippen molar-refractivity contribution in [1.82, 2.24) is 0 Å². The van der Waals surface area contributed by atoms with Crippen molar-refractivity contribution in [3.8, 4) is 6.07 Å². The highest BCUT2D eigenvalue weighted by atomic mass is 16.3. The number of benzene rings is 1. The summed E-state index contributed by atoms with van der Waals surface area (Å²) in [5, 5.41) is 18.4. The summed E-state index contributed by atoms with van der Waals surface area (Å²) in [6.45, 7) is 3.77. The quantitative estimate of drug-likeness (QED) is 0.813. The first kappa shape index (κ1) is 13.7. The number of aliphatic hydroxyl groups excluding tert-OH is 1. The van der Waals surface area contributed by atoms with Crippen LogP contribution >= 0.6 is 0 Å². The van der Waals surface area contributed by atoms with Crippen molar-refractivity contribution in [2.75, 3.05) is 23.7 Å². The van der Waals surface area contributed by atoms with E-state index in [4.69, 9.17) is 11.0 Å². The Balaban J connectivity index is 2.07. The summed E-state index contributed by atoms with van der Waals surface area (Å²) < 4.78 is 0. The topological polar surface area (TPSA) is 73.3 Å². The Morgan fingerprint density at radius 3 is 2.74 bits per heavy atom. The van der Waals surface area contributed by atoms with Crippen LogP contribution in [0.3, 0.4) is 0 Å². The minimum Gasteiger partial charge on any atom is -0.398 e. The molecule has 1 aromatic rings. The molecule has 0 saturated carbocycles. The molecule has 0 aliphatic carbocycles. The zero-order valence-electron chi connectivity index (χ0n) is 11.3. The molecule has 0 amide bonds. The van der Waals surface area contributed by atoms with Crippen LogP contribution in [-0.4, -0.2) is 24.3 Å². The van der Waals surface area contributed by atoms with Crippen LogP contribution in [0.5, 0.6) is 0 Å². The summed E-state index contributed by atoms with van der Waals surface area (Å²) >= 11 is 0. The van der Waals surface area contributed by atoms with Crippen LogP contribution in [0.1, 0.15) is 25.3 Å². The fourth-order valence-electron chi connectivity index (χ4n) is 2.67. The molecular weight excluding hydrogens is 238 g/mol. The van der Waals surface area contributed by atoms with Gasteiger partial charge in [-0.2, -0.15) is 5.26 Å². The third kappa shape index (κ3) is 3.18. The molecule has 1 heterocycles.